The first-order chi connectivity index (χ1) is 9.75. The molecule has 0 aliphatic heterocycles. The van der Waals surface area contributed by atoms with Crippen LogP contribution in [-0.2, 0) is 17.9 Å². The van der Waals surface area contributed by atoms with Gasteiger partial charge < -0.3 is 14.5 Å². The fourth-order valence-electron chi connectivity index (χ4n) is 1.75. The highest BCUT2D eigenvalue weighted by Crippen LogP contribution is 2.22. The molecule has 1 N–H and O–H groups in total. The van der Waals surface area contributed by atoms with Gasteiger partial charge in [0.1, 0.15) is 12.4 Å². The summed E-state index contributed by atoms with van der Waals surface area (Å²) in [5.41, 5.74) is 1.12. The van der Waals surface area contributed by atoms with Gasteiger partial charge in [-0.2, -0.15) is 0 Å². The lowest BCUT2D eigenvalue weighted by molar-refractivity contribution is 0.104. The van der Waals surface area contributed by atoms with E-state index in [1.165, 1.54) is 0 Å². The van der Waals surface area contributed by atoms with E-state index in [1.54, 1.807) is 6.26 Å². The Kier molecular flexibility index (Phi) is 6.40. The minimum atomic E-state index is 0.528. The molecule has 1 aromatic heterocycles. The number of ether oxygens (including phenoxy) is 1. The first-order valence-electron chi connectivity index (χ1n) is 6.50. The molecule has 0 saturated heterocycles. The summed E-state index contributed by atoms with van der Waals surface area (Å²) in [7, 11) is 0. The van der Waals surface area contributed by atoms with Crippen LogP contribution in [0.25, 0.3) is 0 Å². The first-order valence-corrected chi connectivity index (χ1v) is 7.26. The Morgan fingerprint density at radius 2 is 2.05 bits per heavy atom. The molecule has 0 fully saturated rings. The van der Waals surface area contributed by atoms with E-state index >= 15 is 0 Å². The van der Waals surface area contributed by atoms with Crippen LogP contribution in [0.3, 0.4) is 0 Å². The smallest absolute Gasteiger partial charge is 0.129 e. The van der Waals surface area contributed by atoms with Crippen LogP contribution in [0.1, 0.15) is 17.7 Å². The summed E-state index contributed by atoms with van der Waals surface area (Å²) < 4.78 is 10.7. The Balaban J connectivity index is 1.54. The molecule has 0 unspecified atom stereocenters. The van der Waals surface area contributed by atoms with Gasteiger partial charge in [-0.05, 0) is 42.8 Å². The Bertz CT molecular complexity index is 515. The van der Waals surface area contributed by atoms with Crippen LogP contribution in [0, 0.1) is 0 Å². The van der Waals surface area contributed by atoms with Gasteiger partial charge in [0.05, 0.1) is 16.3 Å². The fraction of sp³-hybridized carbons (Fsp3) is 0.333. The average molecular weight is 314 g/mol. The summed E-state index contributed by atoms with van der Waals surface area (Å²) in [6.45, 7) is 2.89. The second kappa shape index (κ2) is 8.32. The summed E-state index contributed by atoms with van der Waals surface area (Å²) in [6, 6.07) is 9.42. The van der Waals surface area contributed by atoms with Crippen molar-refractivity contribution in [3.8, 4) is 0 Å². The van der Waals surface area contributed by atoms with Crippen LogP contribution < -0.4 is 5.32 Å². The fourth-order valence-corrected chi connectivity index (χ4v) is 2.07. The number of nitrogens with one attached hydrogen (secondary N) is 1. The topological polar surface area (TPSA) is 34.4 Å². The van der Waals surface area contributed by atoms with Crippen LogP contribution in [-0.4, -0.2) is 13.2 Å². The van der Waals surface area contributed by atoms with Gasteiger partial charge in [-0.3, -0.25) is 0 Å². The van der Waals surface area contributed by atoms with Gasteiger partial charge in [-0.15, -0.1) is 0 Å². The highest BCUT2D eigenvalue weighted by atomic mass is 35.5. The number of hydrogen-bond donors (Lipinski definition) is 1. The van der Waals surface area contributed by atoms with Crippen LogP contribution in [0.5, 0.6) is 0 Å². The molecule has 2 rings (SSSR count). The van der Waals surface area contributed by atoms with E-state index in [4.69, 9.17) is 32.4 Å². The van der Waals surface area contributed by atoms with Crippen molar-refractivity contribution >= 4 is 23.2 Å². The van der Waals surface area contributed by atoms with Crippen molar-refractivity contribution in [3.63, 3.8) is 0 Å². The normalized spacial score (nSPS) is 10.9. The molecule has 0 saturated carbocycles. The van der Waals surface area contributed by atoms with Crippen LogP contribution in [0.15, 0.2) is 41.0 Å². The number of furan rings is 1. The quantitative estimate of drug-likeness (QED) is 0.738. The van der Waals surface area contributed by atoms with Crippen molar-refractivity contribution in [2.75, 3.05) is 13.2 Å². The van der Waals surface area contributed by atoms with Crippen LogP contribution in [0.4, 0.5) is 0 Å². The van der Waals surface area contributed by atoms with Crippen molar-refractivity contribution in [1.82, 2.24) is 5.32 Å². The molecule has 0 spiro atoms. The van der Waals surface area contributed by atoms with E-state index in [2.05, 4.69) is 5.32 Å². The maximum atomic E-state index is 5.96. The predicted molar refractivity (Wildman–Crippen MR) is 81.1 cm³/mol. The standard InChI is InChI=1S/C15H17Cl2NO2/c16-14-5-4-12(9-15(14)17)10-18-6-2-7-19-11-13-3-1-8-20-13/h1,3-5,8-9,18H,2,6-7,10-11H2. The van der Waals surface area contributed by atoms with Crippen LogP contribution >= 0.6 is 23.2 Å². The van der Waals surface area contributed by atoms with Gasteiger partial charge >= 0.3 is 0 Å². The van der Waals surface area contributed by atoms with Crippen molar-refractivity contribution in [2.45, 2.75) is 19.6 Å². The largest absolute Gasteiger partial charge is 0.467 e. The van der Waals surface area contributed by atoms with Gasteiger partial charge in [0, 0.05) is 13.2 Å². The molecular formula is C15H17Cl2NO2. The zero-order chi connectivity index (χ0) is 14.2. The molecule has 2 aromatic rings. The molecule has 5 heteroatoms. The predicted octanol–water partition coefficient (Wildman–Crippen LogP) is 4.28. The molecule has 0 amide bonds. The third-order valence-corrected chi connectivity index (χ3v) is 3.52. The maximum Gasteiger partial charge on any atom is 0.129 e. The molecule has 3 nitrogen and oxygen atoms in total. The lowest BCUT2D eigenvalue weighted by Gasteiger charge is -2.06. The first kappa shape index (κ1) is 15.4. The number of rotatable bonds is 8. The van der Waals surface area contributed by atoms with Gasteiger partial charge in [0.15, 0.2) is 0 Å². The zero-order valence-electron chi connectivity index (χ0n) is 11.1. The summed E-state index contributed by atoms with van der Waals surface area (Å²) in [5.74, 6) is 0.855. The Hall–Kier alpha value is -1.00. The van der Waals surface area contributed by atoms with E-state index in [0.717, 1.165) is 30.8 Å². The van der Waals surface area contributed by atoms with Crippen LogP contribution in [0.2, 0.25) is 10.0 Å². The molecule has 1 heterocycles. The summed E-state index contributed by atoms with van der Waals surface area (Å²) in [6.07, 6.45) is 2.60. The van der Waals surface area contributed by atoms with E-state index in [1.807, 2.05) is 30.3 Å². The highest BCUT2D eigenvalue weighted by Gasteiger charge is 1.99. The molecule has 20 heavy (non-hydrogen) atoms. The van der Waals surface area contributed by atoms with Crippen molar-refractivity contribution in [2.24, 2.45) is 0 Å². The van der Waals surface area contributed by atoms with Crippen molar-refractivity contribution < 1.29 is 9.15 Å². The number of hydrogen-bond acceptors (Lipinski definition) is 3. The van der Waals surface area contributed by atoms with E-state index in [-0.39, 0.29) is 0 Å². The van der Waals surface area contributed by atoms with Gasteiger partial charge in [-0.1, -0.05) is 29.3 Å². The SMILES string of the molecule is Clc1ccc(CNCCCOCc2ccco2)cc1Cl. The molecule has 0 radical (unpaired) electrons. The second-order valence-corrected chi connectivity index (χ2v) is 5.23. The van der Waals surface area contributed by atoms with E-state index in [9.17, 15) is 0 Å². The van der Waals surface area contributed by atoms with Gasteiger partial charge in [-0.25, -0.2) is 0 Å². The monoisotopic (exact) mass is 313 g/mol. The minimum Gasteiger partial charge on any atom is -0.467 e. The molecule has 108 valence electrons. The third-order valence-electron chi connectivity index (χ3n) is 2.78. The molecular weight excluding hydrogens is 297 g/mol. The van der Waals surface area contributed by atoms with Crippen molar-refractivity contribution in [1.29, 1.82) is 0 Å². The lowest BCUT2D eigenvalue weighted by atomic mass is 10.2. The van der Waals surface area contributed by atoms with E-state index in [0.29, 0.717) is 23.3 Å². The van der Waals surface area contributed by atoms with E-state index < -0.39 is 0 Å². The van der Waals surface area contributed by atoms with Gasteiger partial charge in [0.2, 0.25) is 0 Å². The van der Waals surface area contributed by atoms with Crippen molar-refractivity contribution in [3.05, 3.63) is 58.0 Å². The Morgan fingerprint density at radius 1 is 1.15 bits per heavy atom. The molecule has 0 aliphatic carbocycles. The molecule has 0 atom stereocenters. The summed E-state index contributed by atoms with van der Waals surface area (Å²) in [4.78, 5) is 0. The summed E-state index contributed by atoms with van der Waals surface area (Å²) in [5, 5.41) is 4.51. The Labute approximate surface area is 128 Å². The highest BCUT2D eigenvalue weighted by molar-refractivity contribution is 6.42. The number of benzene rings is 1. The van der Waals surface area contributed by atoms with Gasteiger partial charge in [0.25, 0.3) is 0 Å². The molecule has 1 aromatic carbocycles. The Morgan fingerprint density at radius 3 is 2.80 bits per heavy atom. The molecule has 0 aliphatic rings. The minimum absolute atomic E-state index is 0.528. The zero-order valence-corrected chi connectivity index (χ0v) is 12.6. The second-order valence-electron chi connectivity index (χ2n) is 4.41. The average Bonchev–Trinajstić information content (AvgIpc) is 2.95. The lowest BCUT2D eigenvalue weighted by Crippen LogP contribution is -2.16. The maximum absolute atomic E-state index is 5.96. The third kappa shape index (κ3) is 5.17. The number of halogens is 2. The summed E-state index contributed by atoms with van der Waals surface area (Å²) >= 11 is 11.8. The molecule has 0 bridgehead atoms.